The van der Waals surface area contributed by atoms with Gasteiger partial charge in [0.25, 0.3) is 5.69 Å². The van der Waals surface area contributed by atoms with Gasteiger partial charge in [-0.2, -0.15) is 5.90 Å². The average molecular weight is 205 g/mol. The minimum absolute atomic E-state index is 0.0196. The first-order valence-corrected chi connectivity index (χ1v) is 4.12. The fourth-order valence-electron chi connectivity index (χ4n) is 1.33. The molecule has 0 unspecified atom stereocenters. The van der Waals surface area contributed by atoms with E-state index in [0.29, 0.717) is 16.7 Å². The molecule has 1 heterocycles. The monoisotopic (exact) mass is 205 g/mol. The lowest BCUT2D eigenvalue weighted by Gasteiger charge is -2.02. The number of hydrogen-bond donors (Lipinski definition) is 1. The fourth-order valence-corrected chi connectivity index (χ4v) is 1.33. The van der Waals surface area contributed by atoms with Gasteiger partial charge in [-0.25, -0.2) is 0 Å². The molecule has 2 N–H and O–H groups in total. The highest BCUT2D eigenvalue weighted by molar-refractivity contribution is 5.86. The van der Waals surface area contributed by atoms with E-state index in [2.05, 4.69) is 9.82 Å². The molecule has 0 aliphatic rings. The maximum Gasteiger partial charge on any atom is 0.270 e. The van der Waals surface area contributed by atoms with Crippen LogP contribution >= 0.6 is 0 Å². The zero-order chi connectivity index (χ0) is 10.8. The van der Waals surface area contributed by atoms with E-state index in [1.165, 1.54) is 18.3 Å². The first-order valence-electron chi connectivity index (χ1n) is 4.12. The van der Waals surface area contributed by atoms with E-state index in [0.717, 1.165) is 0 Å². The van der Waals surface area contributed by atoms with Crippen LogP contribution in [0.1, 0.15) is 0 Å². The van der Waals surface area contributed by atoms with Crippen molar-refractivity contribution >= 4 is 16.6 Å². The van der Waals surface area contributed by atoms with Gasteiger partial charge in [0.15, 0.2) is 5.75 Å². The van der Waals surface area contributed by atoms with Gasteiger partial charge in [0.2, 0.25) is 0 Å². The summed E-state index contributed by atoms with van der Waals surface area (Å²) in [6, 6.07) is 5.86. The molecule has 15 heavy (non-hydrogen) atoms. The molecule has 0 radical (unpaired) electrons. The minimum atomic E-state index is -0.479. The molecule has 1 aromatic carbocycles. The van der Waals surface area contributed by atoms with Crippen LogP contribution in [0.3, 0.4) is 0 Å². The second-order valence-electron chi connectivity index (χ2n) is 2.89. The lowest BCUT2D eigenvalue weighted by molar-refractivity contribution is -0.384. The standard InChI is InChI=1S/C9H7N3O3/c10-15-9-3-4-11-8-2-1-6(12(13)14)5-7(8)9/h1-5H,10H2. The van der Waals surface area contributed by atoms with Gasteiger partial charge in [0, 0.05) is 24.4 Å². The number of nitro groups is 1. The lowest BCUT2D eigenvalue weighted by Crippen LogP contribution is -2.02. The summed E-state index contributed by atoms with van der Waals surface area (Å²) >= 11 is 0. The van der Waals surface area contributed by atoms with Crippen LogP contribution in [0.2, 0.25) is 0 Å². The Balaban J connectivity index is 2.72. The molecule has 0 amide bonds. The Morgan fingerprint density at radius 2 is 2.20 bits per heavy atom. The number of rotatable bonds is 2. The summed E-state index contributed by atoms with van der Waals surface area (Å²) in [5, 5.41) is 11.1. The van der Waals surface area contributed by atoms with Crippen LogP contribution in [0.5, 0.6) is 5.75 Å². The van der Waals surface area contributed by atoms with Crippen molar-refractivity contribution < 1.29 is 9.76 Å². The maximum atomic E-state index is 10.6. The van der Waals surface area contributed by atoms with Crippen molar-refractivity contribution in [1.29, 1.82) is 0 Å². The van der Waals surface area contributed by atoms with E-state index in [9.17, 15) is 10.1 Å². The van der Waals surface area contributed by atoms with E-state index in [-0.39, 0.29) is 5.69 Å². The van der Waals surface area contributed by atoms with Crippen molar-refractivity contribution in [2.75, 3.05) is 0 Å². The first kappa shape index (κ1) is 9.35. The van der Waals surface area contributed by atoms with Crippen LogP contribution in [0.25, 0.3) is 10.9 Å². The molecule has 0 aliphatic heterocycles. The van der Waals surface area contributed by atoms with Gasteiger partial charge in [-0.3, -0.25) is 15.1 Å². The number of aromatic nitrogens is 1. The summed E-state index contributed by atoms with van der Waals surface area (Å²) in [6.07, 6.45) is 1.52. The van der Waals surface area contributed by atoms with Crippen LogP contribution in [0.15, 0.2) is 30.5 Å². The third kappa shape index (κ3) is 1.57. The number of nitrogens with zero attached hydrogens (tertiary/aromatic N) is 2. The number of benzene rings is 1. The number of nitro benzene ring substituents is 1. The van der Waals surface area contributed by atoms with Crippen LogP contribution < -0.4 is 10.7 Å². The molecule has 2 rings (SSSR count). The maximum absolute atomic E-state index is 10.6. The Bertz CT molecular complexity index is 527. The first-order chi connectivity index (χ1) is 7.22. The van der Waals surface area contributed by atoms with Gasteiger partial charge in [-0.1, -0.05) is 0 Å². The van der Waals surface area contributed by atoms with Crippen LogP contribution in [0, 0.1) is 10.1 Å². The summed E-state index contributed by atoms with van der Waals surface area (Å²) in [5.74, 6) is 5.41. The Labute approximate surface area is 84.4 Å². The van der Waals surface area contributed by atoms with Crippen molar-refractivity contribution in [2.45, 2.75) is 0 Å². The van der Waals surface area contributed by atoms with E-state index < -0.39 is 4.92 Å². The molecule has 6 nitrogen and oxygen atoms in total. The predicted molar refractivity (Wildman–Crippen MR) is 53.2 cm³/mol. The highest BCUT2D eigenvalue weighted by Gasteiger charge is 2.09. The normalized spacial score (nSPS) is 10.2. The Hall–Kier alpha value is -2.21. The number of hydrogen-bond acceptors (Lipinski definition) is 5. The third-order valence-electron chi connectivity index (χ3n) is 2.02. The zero-order valence-corrected chi connectivity index (χ0v) is 7.58. The number of non-ortho nitro benzene ring substituents is 1. The molecular weight excluding hydrogens is 198 g/mol. The molecule has 0 fully saturated rings. The van der Waals surface area contributed by atoms with Crippen molar-refractivity contribution in [3.8, 4) is 5.75 Å². The molecule has 0 aliphatic carbocycles. The average Bonchev–Trinajstić information content (AvgIpc) is 2.27. The van der Waals surface area contributed by atoms with Crippen molar-refractivity contribution in [3.63, 3.8) is 0 Å². The van der Waals surface area contributed by atoms with E-state index >= 15 is 0 Å². The van der Waals surface area contributed by atoms with Gasteiger partial charge in [-0.15, -0.1) is 0 Å². The molecule has 0 bridgehead atoms. The molecule has 0 spiro atoms. The van der Waals surface area contributed by atoms with Gasteiger partial charge in [0.1, 0.15) is 0 Å². The van der Waals surface area contributed by atoms with Gasteiger partial charge in [-0.05, 0) is 6.07 Å². The van der Waals surface area contributed by atoms with Crippen LogP contribution in [-0.2, 0) is 0 Å². The molecule has 76 valence electrons. The van der Waals surface area contributed by atoms with Gasteiger partial charge >= 0.3 is 0 Å². The molecule has 1 aromatic heterocycles. The van der Waals surface area contributed by atoms with Gasteiger partial charge in [0.05, 0.1) is 15.8 Å². The SMILES string of the molecule is NOc1ccnc2ccc([N+](=O)[O-])cc12. The second kappa shape index (κ2) is 3.50. The van der Waals surface area contributed by atoms with Crippen LogP contribution in [0.4, 0.5) is 5.69 Å². The van der Waals surface area contributed by atoms with E-state index in [1.807, 2.05) is 0 Å². The van der Waals surface area contributed by atoms with Crippen molar-refractivity contribution in [3.05, 3.63) is 40.6 Å². The molecule has 6 heteroatoms. The summed E-state index contributed by atoms with van der Waals surface area (Å²) in [4.78, 5) is 18.7. The Morgan fingerprint density at radius 1 is 1.40 bits per heavy atom. The Kier molecular flexibility index (Phi) is 2.18. The molecule has 0 saturated carbocycles. The highest BCUT2D eigenvalue weighted by atomic mass is 16.6. The highest BCUT2D eigenvalue weighted by Crippen LogP contribution is 2.26. The zero-order valence-electron chi connectivity index (χ0n) is 7.58. The lowest BCUT2D eigenvalue weighted by atomic mass is 10.2. The summed E-state index contributed by atoms with van der Waals surface area (Å²) in [6.45, 7) is 0. The van der Waals surface area contributed by atoms with E-state index in [1.54, 1.807) is 12.1 Å². The third-order valence-corrected chi connectivity index (χ3v) is 2.02. The van der Waals surface area contributed by atoms with Gasteiger partial charge < -0.3 is 4.84 Å². The fraction of sp³-hybridized carbons (Fsp3) is 0. The number of nitrogens with two attached hydrogens (primary N) is 1. The molecular formula is C9H7N3O3. The van der Waals surface area contributed by atoms with E-state index in [4.69, 9.17) is 5.90 Å². The molecule has 0 saturated heterocycles. The molecule has 2 aromatic rings. The van der Waals surface area contributed by atoms with Crippen molar-refractivity contribution in [2.24, 2.45) is 5.90 Å². The smallest absolute Gasteiger partial charge is 0.270 e. The summed E-state index contributed by atoms with van der Waals surface area (Å²) in [5.41, 5.74) is 0.581. The summed E-state index contributed by atoms with van der Waals surface area (Å²) < 4.78 is 0. The number of pyridine rings is 1. The Morgan fingerprint density at radius 3 is 2.87 bits per heavy atom. The second-order valence-corrected chi connectivity index (χ2v) is 2.89. The quantitative estimate of drug-likeness (QED) is 0.590. The topological polar surface area (TPSA) is 91.3 Å². The number of fused-ring (bicyclic) bond motifs is 1. The summed E-state index contributed by atoms with van der Waals surface area (Å²) in [7, 11) is 0. The molecule has 0 atom stereocenters. The predicted octanol–water partition coefficient (Wildman–Crippen LogP) is 1.40. The van der Waals surface area contributed by atoms with Crippen LogP contribution in [-0.4, -0.2) is 9.91 Å². The minimum Gasteiger partial charge on any atom is -0.411 e. The van der Waals surface area contributed by atoms with Crippen molar-refractivity contribution in [1.82, 2.24) is 4.98 Å². The largest absolute Gasteiger partial charge is 0.411 e.